The van der Waals surface area contributed by atoms with Crippen LogP contribution in [-0.2, 0) is 0 Å². The molecule has 0 fully saturated rings. The molecule has 2 aromatic rings. The van der Waals surface area contributed by atoms with Crippen molar-refractivity contribution in [3.63, 3.8) is 0 Å². The second-order valence-corrected chi connectivity index (χ2v) is 6.04. The Labute approximate surface area is 139 Å². The summed E-state index contributed by atoms with van der Waals surface area (Å²) < 4.78 is 13.9. The van der Waals surface area contributed by atoms with E-state index in [-0.39, 0.29) is 21.3 Å². The van der Waals surface area contributed by atoms with Crippen LogP contribution in [0.25, 0.3) is 0 Å². The van der Waals surface area contributed by atoms with Gasteiger partial charge >= 0.3 is 0 Å². The zero-order chi connectivity index (χ0) is 15.7. The molecule has 0 unspecified atom stereocenters. The number of benzene rings is 2. The standard InChI is InChI=1S/C14H10BrCl2FN2O/c1-6-2-8(15)10(18)5-12(6)20-14(21)7-3-9(16)13(17)11(19)4-7/h2-5H,19H2,1H3,(H,20,21). The number of nitrogen functional groups attached to an aromatic ring is 1. The van der Waals surface area contributed by atoms with Crippen molar-refractivity contribution in [3.8, 4) is 0 Å². The Hall–Kier alpha value is -1.30. The van der Waals surface area contributed by atoms with Crippen LogP contribution < -0.4 is 11.1 Å². The van der Waals surface area contributed by atoms with Gasteiger partial charge in [0.1, 0.15) is 5.82 Å². The molecule has 0 radical (unpaired) electrons. The number of hydrogen-bond donors (Lipinski definition) is 2. The summed E-state index contributed by atoms with van der Waals surface area (Å²) in [6.07, 6.45) is 0. The number of hydrogen-bond acceptors (Lipinski definition) is 2. The van der Waals surface area contributed by atoms with Crippen molar-refractivity contribution in [2.75, 3.05) is 11.1 Å². The van der Waals surface area contributed by atoms with Gasteiger partial charge in [0.05, 0.1) is 20.2 Å². The molecule has 0 saturated heterocycles. The van der Waals surface area contributed by atoms with Gasteiger partial charge in [0.25, 0.3) is 5.91 Å². The van der Waals surface area contributed by atoms with Gasteiger partial charge in [-0.15, -0.1) is 0 Å². The van der Waals surface area contributed by atoms with Gasteiger partial charge in [0, 0.05) is 11.3 Å². The number of carbonyl (C=O) groups is 1. The first kappa shape index (κ1) is 16.1. The number of rotatable bonds is 2. The third kappa shape index (κ3) is 3.48. The maximum absolute atomic E-state index is 13.5. The van der Waals surface area contributed by atoms with Crippen LogP contribution in [-0.4, -0.2) is 5.91 Å². The van der Waals surface area contributed by atoms with E-state index in [2.05, 4.69) is 21.2 Å². The van der Waals surface area contributed by atoms with Crippen molar-refractivity contribution >= 4 is 56.4 Å². The third-order valence-corrected chi connectivity index (χ3v) is 4.26. The summed E-state index contributed by atoms with van der Waals surface area (Å²) in [5.74, 6) is -0.922. The zero-order valence-electron chi connectivity index (χ0n) is 10.8. The molecule has 0 bridgehead atoms. The summed E-state index contributed by atoms with van der Waals surface area (Å²) in [5, 5.41) is 2.99. The summed E-state index contributed by atoms with van der Waals surface area (Å²) in [6, 6.07) is 5.63. The van der Waals surface area contributed by atoms with Crippen LogP contribution >= 0.6 is 39.1 Å². The molecule has 0 saturated carbocycles. The molecular weight excluding hydrogens is 382 g/mol. The van der Waals surface area contributed by atoms with E-state index in [0.29, 0.717) is 15.7 Å². The Morgan fingerprint density at radius 1 is 1.29 bits per heavy atom. The topological polar surface area (TPSA) is 55.1 Å². The Morgan fingerprint density at radius 3 is 2.57 bits per heavy atom. The van der Waals surface area contributed by atoms with Crippen LogP contribution in [0.4, 0.5) is 15.8 Å². The summed E-state index contributed by atoms with van der Waals surface area (Å²) in [4.78, 5) is 12.2. The maximum Gasteiger partial charge on any atom is 0.255 e. The van der Waals surface area contributed by atoms with Gasteiger partial charge in [-0.05, 0) is 52.7 Å². The van der Waals surface area contributed by atoms with E-state index in [4.69, 9.17) is 28.9 Å². The average molecular weight is 392 g/mol. The van der Waals surface area contributed by atoms with Crippen LogP contribution in [0.1, 0.15) is 15.9 Å². The summed E-state index contributed by atoms with van der Waals surface area (Å²) in [7, 11) is 0. The summed E-state index contributed by atoms with van der Waals surface area (Å²) in [6.45, 7) is 1.75. The Morgan fingerprint density at radius 2 is 1.95 bits per heavy atom. The average Bonchev–Trinajstić information content (AvgIpc) is 2.41. The number of nitrogens with one attached hydrogen (secondary N) is 1. The molecule has 0 aliphatic rings. The molecule has 2 aromatic carbocycles. The van der Waals surface area contributed by atoms with Crippen molar-refractivity contribution < 1.29 is 9.18 Å². The van der Waals surface area contributed by atoms with Gasteiger partial charge in [-0.2, -0.15) is 0 Å². The van der Waals surface area contributed by atoms with Crippen LogP contribution in [0.2, 0.25) is 10.0 Å². The van der Waals surface area contributed by atoms with Crippen LogP contribution in [0, 0.1) is 12.7 Å². The van der Waals surface area contributed by atoms with Crippen molar-refractivity contribution in [2.24, 2.45) is 0 Å². The van der Waals surface area contributed by atoms with E-state index in [0.717, 1.165) is 0 Å². The molecule has 21 heavy (non-hydrogen) atoms. The second-order valence-electron chi connectivity index (χ2n) is 4.40. The maximum atomic E-state index is 13.5. The van der Waals surface area contributed by atoms with E-state index in [1.807, 2.05) is 0 Å². The Balaban J connectivity index is 2.32. The molecule has 110 valence electrons. The normalized spacial score (nSPS) is 10.5. The van der Waals surface area contributed by atoms with Crippen molar-refractivity contribution in [2.45, 2.75) is 6.92 Å². The molecule has 1 amide bonds. The number of aryl methyl sites for hydroxylation is 1. The fourth-order valence-electron chi connectivity index (χ4n) is 1.72. The largest absolute Gasteiger partial charge is 0.397 e. The first-order valence-electron chi connectivity index (χ1n) is 5.81. The van der Waals surface area contributed by atoms with Crippen LogP contribution in [0.5, 0.6) is 0 Å². The predicted molar refractivity (Wildman–Crippen MR) is 87.7 cm³/mol. The van der Waals surface area contributed by atoms with Crippen molar-refractivity contribution in [3.05, 3.63) is 55.7 Å². The number of nitrogens with two attached hydrogens (primary N) is 1. The molecule has 0 aliphatic heterocycles. The SMILES string of the molecule is Cc1cc(Br)c(F)cc1NC(=O)c1cc(N)c(Cl)c(Cl)c1. The summed E-state index contributed by atoms with van der Waals surface area (Å²) >= 11 is 14.8. The monoisotopic (exact) mass is 390 g/mol. The molecular formula is C14H10BrCl2FN2O. The molecule has 0 heterocycles. The van der Waals surface area contributed by atoms with Gasteiger partial charge in [0.15, 0.2) is 0 Å². The molecule has 7 heteroatoms. The first-order chi connectivity index (χ1) is 9.79. The Kier molecular flexibility index (Phi) is 4.76. The molecule has 0 atom stereocenters. The number of halogens is 4. The van der Waals surface area contributed by atoms with Gasteiger partial charge < -0.3 is 11.1 Å². The molecule has 0 aromatic heterocycles. The van der Waals surface area contributed by atoms with Gasteiger partial charge in [0.2, 0.25) is 0 Å². The molecule has 0 spiro atoms. The minimum atomic E-state index is -0.468. The van der Waals surface area contributed by atoms with Gasteiger partial charge in [-0.1, -0.05) is 23.2 Å². The minimum Gasteiger partial charge on any atom is -0.397 e. The fourth-order valence-corrected chi connectivity index (χ4v) is 2.51. The lowest BCUT2D eigenvalue weighted by Crippen LogP contribution is -2.13. The fraction of sp³-hybridized carbons (Fsp3) is 0.0714. The summed E-state index contributed by atoms with van der Waals surface area (Å²) in [5.41, 5.74) is 7.18. The smallest absolute Gasteiger partial charge is 0.255 e. The second kappa shape index (κ2) is 6.22. The number of carbonyl (C=O) groups excluding carboxylic acids is 1. The highest BCUT2D eigenvalue weighted by molar-refractivity contribution is 9.10. The van der Waals surface area contributed by atoms with Crippen LogP contribution in [0.15, 0.2) is 28.7 Å². The zero-order valence-corrected chi connectivity index (χ0v) is 13.9. The van der Waals surface area contributed by atoms with E-state index in [9.17, 15) is 9.18 Å². The lowest BCUT2D eigenvalue weighted by molar-refractivity contribution is 0.102. The third-order valence-electron chi connectivity index (χ3n) is 2.83. The quantitative estimate of drug-likeness (QED) is 0.704. The van der Waals surface area contributed by atoms with E-state index >= 15 is 0 Å². The highest BCUT2D eigenvalue weighted by atomic mass is 79.9. The predicted octanol–water partition coefficient (Wildman–Crippen LogP) is 5.04. The lowest BCUT2D eigenvalue weighted by Gasteiger charge is -2.11. The molecule has 3 N–H and O–H groups in total. The van der Waals surface area contributed by atoms with Crippen molar-refractivity contribution in [1.29, 1.82) is 0 Å². The molecule has 3 nitrogen and oxygen atoms in total. The highest BCUT2D eigenvalue weighted by Gasteiger charge is 2.13. The van der Waals surface area contributed by atoms with Crippen molar-refractivity contribution in [1.82, 2.24) is 0 Å². The van der Waals surface area contributed by atoms with E-state index in [1.165, 1.54) is 18.2 Å². The lowest BCUT2D eigenvalue weighted by atomic mass is 10.1. The van der Waals surface area contributed by atoms with E-state index < -0.39 is 11.7 Å². The van der Waals surface area contributed by atoms with E-state index in [1.54, 1.807) is 13.0 Å². The molecule has 0 aliphatic carbocycles. The Bertz CT molecular complexity index is 714. The highest BCUT2D eigenvalue weighted by Crippen LogP contribution is 2.30. The molecule has 2 rings (SSSR count). The number of amides is 1. The first-order valence-corrected chi connectivity index (χ1v) is 7.36. The number of anilines is 2. The van der Waals surface area contributed by atoms with Gasteiger partial charge in [-0.25, -0.2) is 4.39 Å². The minimum absolute atomic E-state index is 0.181. The van der Waals surface area contributed by atoms with Crippen LogP contribution in [0.3, 0.4) is 0 Å². The van der Waals surface area contributed by atoms with Gasteiger partial charge in [-0.3, -0.25) is 4.79 Å².